The molecule has 1 aliphatic carbocycles. The highest BCUT2D eigenvalue weighted by Gasteiger charge is 2.22. The van der Waals surface area contributed by atoms with Gasteiger partial charge < -0.3 is 9.30 Å². The Morgan fingerprint density at radius 3 is 2.70 bits per heavy atom. The molecule has 0 aliphatic heterocycles. The second kappa shape index (κ2) is 11.4. The number of hydrogen-bond donors (Lipinski definition) is 1. The van der Waals surface area contributed by atoms with Crippen LogP contribution in [0, 0.1) is 0 Å². The number of thioether (sulfide) groups is 1. The van der Waals surface area contributed by atoms with Crippen LogP contribution in [0.2, 0.25) is 0 Å². The van der Waals surface area contributed by atoms with Gasteiger partial charge in [-0.15, -0.1) is 20.4 Å². The molecule has 0 radical (unpaired) electrons. The van der Waals surface area contributed by atoms with Gasteiger partial charge in [-0.05, 0) is 51.0 Å². The minimum Gasteiger partial charge on any atom is -0.483 e. The minimum absolute atomic E-state index is 0.127. The first-order chi connectivity index (χ1) is 16.0. The van der Waals surface area contributed by atoms with Crippen molar-refractivity contribution in [1.29, 1.82) is 0 Å². The van der Waals surface area contributed by atoms with E-state index in [0.717, 1.165) is 33.9 Å². The molecule has 0 saturated heterocycles. The van der Waals surface area contributed by atoms with Crippen LogP contribution in [0.1, 0.15) is 68.8 Å². The van der Waals surface area contributed by atoms with Crippen molar-refractivity contribution < 1.29 is 9.53 Å². The molecular formula is C22H27BrN6O2S2. The number of aromatic nitrogens is 5. The number of ether oxygens (including phenoxy) is 1. The Morgan fingerprint density at radius 1 is 1.21 bits per heavy atom. The lowest BCUT2D eigenvalue weighted by Crippen LogP contribution is -2.15. The third-order valence-electron chi connectivity index (χ3n) is 5.53. The van der Waals surface area contributed by atoms with Gasteiger partial charge in [0, 0.05) is 16.9 Å². The number of halogens is 1. The van der Waals surface area contributed by atoms with E-state index < -0.39 is 0 Å². The average Bonchev–Trinajstić information content (AvgIpc) is 3.46. The van der Waals surface area contributed by atoms with Crippen LogP contribution in [0.4, 0.5) is 5.13 Å². The van der Waals surface area contributed by atoms with Crippen molar-refractivity contribution >= 4 is 50.1 Å². The zero-order valence-corrected chi connectivity index (χ0v) is 21.9. The molecule has 33 heavy (non-hydrogen) atoms. The van der Waals surface area contributed by atoms with Gasteiger partial charge in [-0.25, -0.2) is 0 Å². The van der Waals surface area contributed by atoms with Crippen molar-refractivity contribution in [2.75, 3.05) is 11.1 Å². The fraction of sp³-hybridized carbons (Fsp3) is 0.500. The van der Waals surface area contributed by atoms with E-state index in [4.69, 9.17) is 4.74 Å². The molecule has 176 valence electrons. The molecule has 1 amide bonds. The van der Waals surface area contributed by atoms with Crippen LogP contribution in [-0.2, 0) is 11.3 Å². The van der Waals surface area contributed by atoms with Gasteiger partial charge in [-0.2, -0.15) is 0 Å². The van der Waals surface area contributed by atoms with Crippen LogP contribution >= 0.6 is 39.0 Å². The molecule has 1 unspecified atom stereocenters. The molecule has 0 bridgehead atoms. The number of carbonyl (C=O) groups excluding carboxylic acids is 1. The summed E-state index contributed by atoms with van der Waals surface area (Å²) in [5.41, 5.74) is 0. The average molecular weight is 552 g/mol. The Morgan fingerprint density at radius 2 is 1.97 bits per heavy atom. The summed E-state index contributed by atoms with van der Waals surface area (Å²) in [6.45, 7) is 4.65. The van der Waals surface area contributed by atoms with Crippen molar-refractivity contribution in [1.82, 2.24) is 25.0 Å². The Hall–Kier alpha value is -1.98. The van der Waals surface area contributed by atoms with Gasteiger partial charge in [0.15, 0.2) is 17.1 Å². The Bertz CT molecular complexity index is 1070. The highest BCUT2D eigenvalue weighted by Crippen LogP contribution is 2.35. The van der Waals surface area contributed by atoms with Gasteiger partial charge >= 0.3 is 0 Å². The lowest BCUT2D eigenvalue weighted by Gasteiger charge is -2.18. The molecule has 1 atom stereocenters. The smallest absolute Gasteiger partial charge is 0.236 e. The Kier molecular flexibility index (Phi) is 8.37. The molecule has 1 saturated carbocycles. The SMILES string of the molecule is CCn1c(SCC(=O)Nc2nnc(C3CCCCC3)s2)nnc1C(C)Oc1ccc(Br)cc1. The summed E-state index contributed by atoms with van der Waals surface area (Å²) in [7, 11) is 0. The highest BCUT2D eigenvalue weighted by atomic mass is 79.9. The topological polar surface area (TPSA) is 94.8 Å². The molecule has 1 N–H and O–H groups in total. The molecule has 0 spiro atoms. The van der Waals surface area contributed by atoms with E-state index in [0.29, 0.717) is 22.8 Å². The first kappa shape index (κ1) is 24.2. The van der Waals surface area contributed by atoms with Gasteiger partial charge in [0.2, 0.25) is 11.0 Å². The summed E-state index contributed by atoms with van der Waals surface area (Å²) in [4.78, 5) is 12.5. The number of carbonyl (C=O) groups is 1. The lowest BCUT2D eigenvalue weighted by molar-refractivity contribution is -0.113. The standard InChI is InChI=1S/C22H27BrN6O2S2/c1-3-29-19(14(2)31-17-11-9-16(23)10-12-17)25-28-22(29)32-13-18(30)24-21-27-26-20(33-21)15-7-5-4-6-8-15/h9-12,14-15H,3-8,13H2,1-2H3,(H,24,27,30). The maximum Gasteiger partial charge on any atom is 0.236 e. The van der Waals surface area contributed by atoms with Crippen molar-refractivity contribution in [2.45, 2.75) is 69.7 Å². The quantitative estimate of drug-likeness (QED) is 0.335. The molecule has 4 rings (SSSR count). The van der Waals surface area contributed by atoms with E-state index in [1.54, 1.807) is 0 Å². The number of amides is 1. The Balaban J connectivity index is 1.32. The zero-order chi connectivity index (χ0) is 23.2. The van der Waals surface area contributed by atoms with E-state index in [-0.39, 0.29) is 17.8 Å². The predicted molar refractivity (Wildman–Crippen MR) is 134 cm³/mol. The van der Waals surface area contributed by atoms with Crippen molar-refractivity contribution in [3.05, 3.63) is 39.6 Å². The molecule has 1 aromatic carbocycles. The number of benzene rings is 1. The van der Waals surface area contributed by atoms with Gasteiger partial charge in [0.1, 0.15) is 10.8 Å². The fourth-order valence-corrected chi connectivity index (χ4v) is 5.86. The van der Waals surface area contributed by atoms with Crippen LogP contribution in [0.5, 0.6) is 5.75 Å². The van der Waals surface area contributed by atoms with Gasteiger partial charge in [-0.1, -0.05) is 58.3 Å². The fourth-order valence-electron chi connectivity index (χ4n) is 3.86. The summed E-state index contributed by atoms with van der Waals surface area (Å²) in [5.74, 6) is 2.06. The predicted octanol–water partition coefficient (Wildman–Crippen LogP) is 5.83. The second-order valence-electron chi connectivity index (χ2n) is 7.92. The zero-order valence-electron chi connectivity index (χ0n) is 18.7. The maximum atomic E-state index is 12.5. The Labute approximate surface area is 210 Å². The van der Waals surface area contributed by atoms with Gasteiger partial charge in [0.25, 0.3) is 0 Å². The van der Waals surface area contributed by atoms with Crippen LogP contribution < -0.4 is 10.1 Å². The van der Waals surface area contributed by atoms with E-state index in [1.807, 2.05) is 42.7 Å². The number of nitrogens with zero attached hydrogens (tertiary/aromatic N) is 5. The molecule has 8 nitrogen and oxygen atoms in total. The van der Waals surface area contributed by atoms with E-state index in [2.05, 4.69) is 41.6 Å². The van der Waals surface area contributed by atoms with Crippen molar-refractivity contribution in [3.8, 4) is 5.75 Å². The van der Waals surface area contributed by atoms with Gasteiger partial charge in [0.05, 0.1) is 5.75 Å². The highest BCUT2D eigenvalue weighted by molar-refractivity contribution is 9.10. The summed E-state index contributed by atoms with van der Waals surface area (Å²) in [6, 6.07) is 7.67. The molecule has 11 heteroatoms. The summed E-state index contributed by atoms with van der Waals surface area (Å²) in [5, 5.41) is 22.3. The monoisotopic (exact) mass is 550 g/mol. The third-order valence-corrected chi connectivity index (χ3v) is 8.02. The number of nitrogens with one attached hydrogen (secondary N) is 1. The summed E-state index contributed by atoms with van der Waals surface area (Å²) >= 11 is 6.27. The van der Waals surface area contributed by atoms with Crippen LogP contribution in [0.3, 0.4) is 0 Å². The maximum absolute atomic E-state index is 12.5. The largest absolute Gasteiger partial charge is 0.483 e. The van der Waals surface area contributed by atoms with E-state index in [9.17, 15) is 4.79 Å². The molecular weight excluding hydrogens is 524 g/mol. The van der Waals surface area contributed by atoms with Crippen LogP contribution in [0.15, 0.2) is 33.9 Å². The third kappa shape index (κ3) is 6.33. The van der Waals surface area contributed by atoms with Crippen LogP contribution in [0.25, 0.3) is 0 Å². The summed E-state index contributed by atoms with van der Waals surface area (Å²) in [6.07, 6.45) is 5.84. The number of hydrogen-bond acceptors (Lipinski definition) is 8. The molecule has 3 aromatic rings. The second-order valence-corrected chi connectivity index (χ2v) is 10.8. The molecule has 2 aromatic heterocycles. The van der Waals surface area contributed by atoms with Crippen molar-refractivity contribution in [2.24, 2.45) is 0 Å². The van der Waals surface area contributed by atoms with Crippen LogP contribution in [-0.4, -0.2) is 36.6 Å². The molecule has 1 aliphatic rings. The minimum atomic E-state index is -0.276. The number of anilines is 1. The first-order valence-corrected chi connectivity index (χ1v) is 13.7. The molecule has 1 fully saturated rings. The first-order valence-electron chi connectivity index (χ1n) is 11.1. The number of rotatable bonds is 9. The summed E-state index contributed by atoms with van der Waals surface area (Å²) < 4.78 is 9.00. The van der Waals surface area contributed by atoms with Crippen molar-refractivity contribution in [3.63, 3.8) is 0 Å². The molecule has 2 heterocycles. The lowest BCUT2D eigenvalue weighted by atomic mass is 9.90. The normalized spacial score (nSPS) is 15.4. The van der Waals surface area contributed by atoms with Gasteiger partial charge in [-0.3, -0.25) is 10.1 Å². The van der Waals surface area contributed by atoms with E-state index in [1.165, 1.54) is 42.4 Å². The van der Waals surface area contributed by atoms with E-state index >= 15 is 0 Å².